The van der Waals surface area contributed by atoms with Crippen molar-refractivity contribution in [2.75, 3.05) is 53.5 Å². The molecular formula is C18H38N4O4. The van der Waals surface area contributed by atoms with Gasteiger partial charge in [-0.05, 0) is 51.6 Å². The topological polar surface area (TPSA) is 111 Å². The molecule has 2 amide bonds. The summed E-state index contributed by atoms with van der Waals surface area (Å²) in [4.78, 5) is 27.1. The van der Waals surface area contributed by atoms with E-state index in [9.17, 15) is 9.59 Å². The molecule has 26 heavy (non-hydrogen) atoms. The van der Waals surface area contributed by atoms with Gasteiger partial charge in [-0.1, -0.05) is 12.8 Å². The van der Waals surface area contributed by atoms with Gasteiger partial charge in [-0.15, -0.1) is 0 Å². The zero-order valence-electron chi connectivity index (χ0n) is 16.6. The Morgan fingerprint density at radius 3 is 1.19 bits per heavy atom. The fourth-order valence-corrected chi connectivity index (χ4v) is 2.70. The normalized spacial score (nSPS) is 10.5. The molecule has 8 nitrogen and oxygen atoms in total. The van der Waals surface area contributed by atoms with Crippen molar-refractivity contribution in [2.45, 2.75) is 51.4 Å². The van der Waals surface area contributed by atoms with E-state index in [1.165, 1.54) is 14.2 Å². The summed E-state index contributed by atoms with van der Waals surface area (Å²) >= 11 is 0. The molecule has 4 N–H and O–H groups in total. The zero-order valence-corrected chi connectivity index (χ0v) is 16.6. The fraction of sp³-hybridized carbons (Fsp3) is 0.889. The van der Waals surface area contributed by atoms with Crippen molar-refractivity contribution in [1.82, 2.24) is 9.80 Å². The Morgan fingerprint density at radius 1 is 0.615 bits per heavy atom. The monoisotopic (exact) mass is 374 g/mol. The van der Waals surface area contributed by atoms with Crippen LogP contribution in [0, 0.1) is 0 Å². The van der Waals surface area contributed by atoms with Crippen molar-refractivity contribution >= 4 is 12.2 Å². The van der Waals surface area contributed by atoms with E-state index in [-0.39, 0.29) is 12.2 Å². The molecule has 0 aromatic carbocycles. The van der Waals surface area contributed by atoms with Gasteiger partial charge in [-0.25, -0.2) is 9.59 Å². The van der Waals surface area contributed by atoms with E-state index in [2.05, 4.69) is 0 Å². The molecule has 154 valence electrons. The third kappa shape index (κ3) is 11.9. The summed E-state index contributed by atoms with van der Waals surface area (Å²) in [5, 5.41) is 0. The van der Waals surface area contributed by atoms with Crippen molar-refractivity contribution in [3.63, 3.8) is 0 Å². The fourth-order valence-electron chi connectivity index (χ4n) is 2.70. The van der Waals surface area contributed by atoms with Gasteiger partial charge in [0.1, 0.15) is 0 Å². The van der Waals surface area contributed by atoms with Gasteiger partial charge in [0.25, 0.3) is 0 Å². The van der Waals surface area contributed by atoms with E-state index >= 15 is 0 Å². The lowest BCUT2D eigenvalue weighted by Gasteiger charge is -2.23. The lowest BCUT2D eigenvalue weighted by atomic mass is 10.2. The van der Waals surface area contributed by atoms with E-state index in [4.69, 9.17) is 20.9 Å². The van der Waals surface area contributed by atoms with Crippen molar-refractivity contribution in [1.29, 1.82) is 0 Å². The number of nitrogens with zero attached hydrogens (tertiary/aromatic N) is 2. The third-order valence-electron chi connectivity index (χ3n) is 4.24. The Balaban J connectivity index is 4.20. The molecule has 0 aliphatic carbocycles. The smallest absolute Gasteiger partial charge is 0.409 e. The first-order valence-corrected chi connectivity index (χ1v) is 9.66. The highest BCUT2D eigenvalue weighted by molar-refractivity contribution is 5.67. The molecule has 0 atom stereocenters. The standard InChI is InChI=1S/C18H38N4O4/c1-25-17(23)21(13-7-3-5-11-19)15-9-10-16-22(18(24)26-2)14-8-4-6-12-20/h3-16,19-20H2,1-2H3. The second kappa shape index (κ2) is 16.9. The summed E-state index contributed by atoms with van der Waals surface area (Å²) in [5.74, 6) is 0. The van der Waals surface area contributed by atoms with Crippen LogP contribution >= 0.6 is 0 Å². The van der Waals surface area contributed by atoms with Crippen LogP contribution < -0.4 is 11.5 Å². The van der Waals surface area contributed by atoms with Crippen LogP contribution in [0.1, 0.15) is 51.4 Å². The predicted octanol–water partition coefficient (Wildman–Crippen LogP) is 2.16. The van der Waals surface area contributed by atoms with Crippen LogP contribution in [0.5, 0.6) is 0 Å². The molecule has 0 saturated carbocycles. The summed E-state index contributed by atoms with van der Waals surface area (Å²) in [6.45, 7) is 3.94. The van der Waals surface area contributed by atoms with Crippen LogP contribution in [-0.2, 0) is 9.47 Å². The molecule has 0 aromatic heterocycles. The first-order chi connectivity index (χ1) is 12.6. The second-order valence-corrected chi connectivity index (χ2v) is 6.32. The molecule has 0 fully saturated rings. The quantitative estimate of drug-likeness (QED) is 0.425. The molecular weight excluding hydrogens is 336 g/mol. The number of carbonyl (C=O) groups excluding carboxylic acids is 2. The van der Waals surface area contributed by atoms with Crippen molar-refractivity contribution in [3.8, 4) is 0 Å². The highest BCUT2D eigenvalue weighted by atomic mass is 16.5. The molecule has 0 saturated heterocycles. The minimum atomic E-state index is -0.302. The first kappa shape index (κ1) is 24.5. The van der Waals surface area contributed by atoms with Crippen LogP contribution in [-0.4, -0.2) is 75.5 Å². The zero-order chi connectivity index (χ0) is 19.6. The van der Waals surface area contributed by atoms with Gasteiger partial charge in [0.05, 0.1) is 14.2 Å². The Morgan fingerprint density at radius 2 is 0.923 bits per heavy atom. The third-order valence-corrected chi connectivity index (χ3v) is 4.24. The number of methoxy groups -OCH3 is 2. The van der Waals surface area contributed by atoms with Crippen LogP contribution in [0.4, 0.5) is 9.59 Å². The number of hydrogen-bond acceptors (Lipinski definition) is 6. The number of rotatable bonds is 15. The number of ether oxygens (including phenoxy) is 2. The number of nitrogens with two attached hydrogens (primary N) is 2. The molecule has 0 unspecified atom stereocenters. The highest BCUT2D eigenvalue weighted by Gasteiger charge is 2.15. The maximum atomic E-state index is 11.8. The maximum absolute atomic E-state index is 11.8. The van der Waals surface area contributed by atoms with Crippen molar-refractivity contribution < 1.29 is 19.1 Å². The highest BCUT2D eigenvalue weighted by Crippen LogP contribution is 2.06. The SMILES string of the molecule is COC(=O)N(CCCCCN)CCCCN(CCCCCN)C(=O)OC. The average Bonchev–Trinajstić information content (AvgIpc) is 2.66. The summed E-state index contributed by atoms with van der Waals surface area (Å²) in [7, 11) is 2.80. The maximum Gasteiger partial charge on any atom is 0.409 e. The van der Waals surface area contributed by atoms with Gasteiger partial charge in [-0.2, -0.15) is 0 Å². The molecule has 0 aliphatic heterocycles. The van der Waals surface area contributed by atoms with Crippen LogP contribution in [0.25, 0.3) is 0 Å². The van der Waals surface area contributed by atoms with E-state index in [1.54, 1.807) is 9.80 Å². The Bertz CT molecular complexity index is 335. The van der Waals surface area contributed by atoms with Gasteiger partial charge in [0.2, 0.25) is 0 Å². The Labute approximate surface area is 158 Å². The van der Waals surface area contributed by atoms with E-state index in [1.807, 2.05) is 0 Å². The van der Waals surface area contributed by atoms with Crippen LogP contribution in [0.15, 0.2) is 0 Å². The molecule has 0 rings (SSSR count). The lowest BCUT2D eigenvalue weighted by molar-refractivity contribution is 0.115. The molecule has 0 bridgehead atoms. The molecule has 0 aliphatic rings. The Hall–Kier alpha value is -1.54. The molecule has 0 heterocycles. The van der Waals surface area contributed by atoms with Gasteiger partial charge in [0.15, 0.2) is 0 Å². The average molecular weight is 375 g/mol. The summed E-state index contributed by atoms with van der Waals surface area (Å²) in [5.41, 5.74) is 11.0. The van der Waals surface area contributed by atoms with Crippen molar-refractivity contribution in [3.05, 3.63) is 0 Å². The molecule has 0 spiro atoms. The van der Waals surface area contributed by atoms with Crippen molar-refractivity contribution in [2.24, 2.45) is 11.5 Å². The number of unbranched alkanes of at least 4 members (excludes halogenated alkanes) is 5. The predicted molar refractivity (Wildman–Crippen MR) is 103 cm³/mol. The van der Waals surface area contributed by atoms with E-state index < -0.39 is 0 Å². The van der Waals surface area contributed by atoms with Gasteiger partial charge in [-0.3, -0.25) is 0 Å². The first-order valence-electron chi connectivity index (χ1n) is 9.66. The largest absolute Gasteiger partial charge is 0.453 e. The summed E-state index contributed by atoms with van der Waals surface area (Å²) in [6, 6.07) is 0. The van der Waals surface area contributed by atoms with Gasteiger partial charge in [0, 0.05) is 26.2 Å². The molecule has 8 heteroatoms. The van der Waals surface area contributed by atoms with E-state index in [0.717, 1.165) is 51.4 Å². The molecule has 0 radical (unpaired) electrons. The summed E-state index contributed by atoms with van der Waals surface area (Å²) < 4.78 is 9.69. The minimum Gasteiger partial charge on any atom is -0.453 e. The van der Waals surface area contributed by atoms with Crippen LogP contribution in [0.3, 0.4) is 0 Å². The van der Waals surface area contributed by atoms with Gasteiger partial charge < -0.3 is 30.7 Å². The van der Waals surface area contributed by atoms with E-state index in [0.29, 0.717) is 39.3 Å². The van der Waals surface area contributed by atoms with Gasteiger partial charge >= 0.3 is 12.2 Å². The van der Waals surface area contributed by atoms with Crippen LogP contribution in [0.2, 0.25) is 0 Å². The summed E-state index contributed by atoms with van der Waals surface area (Å²) in [6.07, 6.45) is 6.79. The number of carbonyl (C=O) groups is 2. The Kier molecular flexibility index (Phi) is 15.9. The minimum absolute atomic E-state index is 0.302. The molecule has 0 aromatic rings. The number of hydrogen-bond donors (Lipinski definition) is 2. The second-order valence-electron chi connectivity index (χ2n) is 6.32. The lowest BCUT2D eigenvalue weighted by Crippen LogP contribution is -2.35. The number of amides is 2.